The molecule has 27 heavy (non-hydrogen) atoms. The van der Waals surface area contributed by atoms with E-state index < -0.39 is 0 Å². The lowest BCUT2D eigenvalue weighted by atomic mass is 9.96. The summed E-state index contributed by atoms with van der Waals surface area (Å²) in [5.41, 5.74) is 1.34. The van der Waals surface area contributed by atoms with Gasteiger partial charge in [0.2, 0.25) is 0 Å². The number of benzene rings is 1. The minimum Gasteiger partial charge on any atom is -0.343 e. The van der Waals surface area contributed by atoms with Crippen molar-refractivity contribution in [3.05, 3.63) is 51.4 Å². The maximum atomic E-state index is 12.8. The molecule has 6 nitrogen and oxygen atoms in total. The maximum absolute atomic E-state index is 12.8. The average Bonchev–Trinajstić information content (AvgIpc) is 2.99. The van der Waals surface area contributed by atoms with Crippen molar-refractivity contribution in [1.29, 1.82) is 5.26 Å². The van der Waals surface area contributed by atoms with Gasteiger partial charge in [-0.2, -0.15) is 5.26 Å². The van der Waals surface area contributed by atoms with Gasteiger partial charge in [0.1, 0.15) is 11.1 Å². The van der Waals surface area contributed by atoms with E-state index in [-0.39, 0.29) is 17.2 Å². The highest BCUT2D eigenvalue weighted by atomic mass is 35.5. The first kappa shape index (κ1) is 18.0. The van der Waals surface area contributed by atoms with E-state index in [1.54, 1.807) is 16.2 Å². The smallest absolute Gasteiger partial charge is 0.281 e. The van der Waals surface area contributed by atoms with E-state index in [0.29, 0.717) is 21.6 Å². The predicted molar refractivity (Wildman–Crippen MR) is 109 cm³/mol. The van der Waals surface area contributed by atoms with Crippen LogP contribution < -0.4 is 16.2 Å². The second-order valence-corrected chi connectivity index (χ2v) is 8.08. The Labute approximate surface area is 165 Å². The number of fused-ring (bicyclic) bond motifs is 1. The summed E-state index contributed by atoms with van der Waals surface area (Å²) < 4.78 is 1.74. The van der Waals surface area contributed by atoms with Gasteiger partial charge >= 0.3 is 0 Å². The Bertz CT molecular complexity index is 1100. The molecule has 1 aliphatic rings. The molecule has 4 rings (SSSR count). The standard InChI is InChI=1S/C19H18ClN5OS/c1-11-10-22-8-6-16(11)25-19(26)13(9-21)18(27-25)24-17-12-3-2-7-23-15(12)5-4-14(17)20/h2-5,7,11,16,22,24H,6,8,10H2,1H3/t11-,16+/m0/s1. The van der Waals surface area contributed by atoms with Gasteiger partial charge in [-0.3, -0.25) is 13.7 Å². The molecule has 2 N–H and O–H groups in total. The molecular formula is C19H18ClN5OS. The first-order chi connectivity index (χ1) is 13.1. The number of nitriles is 1. The first-order valence-electron chi connectivity index (χ1n) is 8.77. The van der Waals surface area contributed by atoms with E-state index in [1.807, 2.05) is 18.2 Å². The van der Waals surface area contributed by atoms with Gasteiger partial charge in [-0.1, -0.05) is 18.5 Å². The molecule has 0 bridgehead atoms. The molecule has 0 radical (unpaired) electrons. The molecule has 1 saturated heterocycles. The topological polar surface area (TPSA) is 82.7 Å². The Balaban J connectivity index is 1.80. The molecule has 2 aromatic heterocycles. The fraction of sp³-hybridized carbons (Fsp3) is 0.316. The zero-order valence-electron chi connectivity index (χ0n) is 14.7. The number of anilines is 2. The normalized spacial score (nSPS) is 19.7. The quantitative estimate of drug-likeness (QED) is 0.698. The summed E-state index contributed by atoms with van der Waals surface area (Å²) >= 11 is 7.70. The van der Waals surface area contributed by atoms with Crippen molar-refractivity contribution in [3.63, 3.8) is 0 Å². The van der Waals surface area contributed by atoms with Gasteiger partial charge in [0.15, 0.2) is 5.56 Å². The van der Waals surface area contributed by atoms with Gasteiger partial charge in [-0.15, -0.1) is 0 Å². The fourth-order valence-electron chi connectivity index (χ4n) is 3.51. The van der Waals surface area contributed by atoms with Gasteiger partial charge in [0, 0.05) is 11.6 Å². The summed E-state index contributed by atoms with van der Waals surface area (Å²) in [6.45, 7) is 3.85. The molecule has 1 fully saturated rings. The average molecular weight is 400 g/mol. The highest BCUT2D eigenvalue weighted by molar-refractivity contribution is 7.11. The minimum atomic E-state index is -0.238. The molecule has 0 amide bonds. The summed E-state index contributed by atoms with van der Waals surface area (Å²) in [7, 11) is 0. The van der Waals surface area contributed by atoms with Crippen molar-refractivity contribution < 1.29 is 0 Å². The SMILES string of the molecule is C[C@H]1CNCC[C@H]1n1sc(Nc2c(Cl)ccc3ncccc23)c(C#N)c1=O. The van der Waals surface area contributed by atoms with Crippen molar-refractivity contribution in [3.8, 4) is 6.07 Å². The van der Waals surface area contributed by atoms with E-state index in [1.165, 1.54) is 11.5 Å². The Hall–Kier alpha value is -2.40. The van der Waals surface area contributed by atoms with Crippen molar-refractivity contribution in [2.75, 3.05) is 18.4 Å². The minimum absolute atomic E-state index is 0.0936. The lowest BCUT2D eigenvalue weighted by molar-refractivity contribution is 0.283. The van der Waals surface area contributed by atoms with Gasteiger partial charge in [0.05, 0.1) is 22.3 Å². The van der Waals surface area contributed by atoms with Crippen LogP contribution in [0, 0.1) is 17.2 Å². The van der Waals surface area contributed by atoms with E-state index in [2.05, 4.69) is 28.6 Å². The summed E-state index contributed by atoms with van der Waals surface area (Å²) in [4.78, 5) is 17.2. The molecule has 3 heterocycles. The molecular weight excluding hydrogens is 382 g/mol. The number of halogens is 1. The summed E-state index contributed by atoms with van der Waals surface area (Å²) in [6, 6.07) is 9.52. The maximum Gasteiger partial charge on any atom is 0.281 e. The highest BCUT2D eigenvalue weighted by Crippen LogP contribution is 2.36. The Morgan fingerprint density at radius 2 is 2.30 bits per heavy atom. The molecule has 2 atom stereocenters. The number of aromatic nitrogens is 2. The van der Waals surface area contributed by atoms with Crippen molar-refractivity contribution in [1.82, 2.24) is 14.3 Å². The predicted octanol–water partition coefficient (Wildman–Crippen LogP) is 3.90. The number of hydrogen-bond acceptors (Lipinski definition) is 6. The molecule has 0 aliphatic carbocycles. The molecule has 8 heteroatoms. The van der Waals surface area contributed by atoms with Crippen LogP contribution in [-0.4, -0.2) is 22.0 Å². The van der Waals surface area contributed by atoms with Crippen molar-refractivity contribution >= 4 is 44.7 Å². The molecule has 3 aromatic rings. The summed E-state index contributed by atoms with van der Waals surface area (Å²) in [5, 5.41) is 18.0. The number of rotatable bonds is 3. The molecule has 1 aliphatic heterocycles. The van der Waals surface area contributed by atoms with Crippen LogP contribution in [0.15, 0.2) is 35.3 Å². The van der Waals surface area contributed by atoms with Gasteiger partial charge in [-0.05, 0) is 61.2 Å². The van der Waals surface area contributed by atoms with Crippen LogP contribution in [-0.2, 0) is 0 Å². The monoisotopic (exact) mass is 399 g/mol. The molecule has 1 aromatic carbocycles. The number of nitrogens with zero attached hydrogens (tertiary/aromatic N) is 3. The highest BCUT2D eigenvalue weighted by Gasteiger charge is 2.28. The number of pyridine rings is 1. The van der Waals surface area contributed by atoms with Crippen LogP contribution in [0.1, 0.15) is 24.9 Å². The third kappa shape index (κ3) is 3.21. The van der Waals surface area contributed by atoms with Crippen molar-refractivity contribution in [2.45, 2.75) is 19.4 Å². The van der Waals surface area contributed by atoms with Gasteiger partial charge in [-0.25, -0.2) is 0 Å². The van der Waals surface area contributed by atoms with Crippen LogP contribution in [0.4, 0.5) is 10.7 Å². The summed E-state index contributed by atoms with van der Waals surface area (Å²) in [6.07, 6.45) is 2.58. The molecule has 138 valence electrons. The van der Waals surface area contributed by atoms with E-state index >= 15 is 0 Å². The Morgan fingerprint density at radius 3 is 3.07 bits per heavy atom. The van der Waals surface area contributed by atoms with Crippen LogP contribution >= 0.6 is 23.1 Å². The van der Waals surface area contributed by atoms with Crippen molar-refractivity contribution in [2.24, 2.45) is 5.92 Å². The van der Waals surface area contributed by atoms with Gasteiger partial charge < -0.3 is 10.6 Å². The van der Waals surface area contributed by atoms with Crippen LogP contribution in [0.5, 0.6) is 0 Å². The van der Waals surface area contributed by atoms with E-state index in [0.717, 1.165) is 30.4 Å². The Kier molecular flexibility index (Phi) is 4.87. The second-order valence-electron chi connectivity index (χ2n) is 6.69. The van der Waals surface area contributed by atoms with Crippen LogP contribution in [0.3, 0.4) is 0 Å². The molecule has 0 saturated carbocycles. The largest absolute Gasteiger partial charge is 0.343 e. The molecule has 0 unspecified atom stereocenters. The number of piperidine rings is 1. The molecule has 0 spiro atoms. The third-order valence-electron chi connectivity index (χ3n) is 4.96. The second kappa shape index (κ2) is 7.31. The lowest BCUT2D eigenvalue weighted by Gasteiger charge is -2.29. The number of hydrogen-bond donors (Lipinski definition) is 2. The zero-order chi connectivity index (χ0) is 19.0. The van der Waals surface area contributed by atoms with E-state index in [9.17, 15) is 10.1 Å². The van der Waals surface area contributed by atoms with Crippen LogP contribution in [0.25, 0.3) is 10.9 Å². The van der Waals surface area contributed by atoms with Crippen LogP contribution in [0.2, 0.25) is 5.02 Å². The van der Waals surface area contributed by atoms with E-state index in [4.69, 9.17) is 11.6 Å². The fourth-order valence-corrected chi connectivity index (χ4v) is 4.91. The first-order valence-corrected chi connectivity index (χ1v) is 9.92. The van der Waals surface area contributed by atoms with Gasteiger partial charge in [0.25, 0.3) is 5.56 Å². The summed E-state index contributed by atoms with van der Waals surface area (Å²) in [5.74, 6) is 0.319. The number of nitrogens with one attached hydrogen (secondary N) is 2. The lowest BCUT2D eigenvalue weighted by Crippen LogP contribution is -2.38. The Morgan fingerprint density at radius 1 is 1.44 bits per heavy atom. The zero-order valence-corrected chi connectivity index (χ0v) is 16.3. The third-order valence-corrected chi connectivity index (χ3v) is 6.39.